The highest BCUT2D eigenvalue weighted by atomic mass is 35.5. The summed E-state index contributed by atoms with van der Waals surface area (Å²) in [6.45, 7) is 3.20. The van der Waals surface area contributed by atoms with Crippen LogP contribution in [0.5, 0.6) is 0 Å². The molecule has 0 spiro atoms. The summed E-state index contributed by atoms with van der Waals surface area (Å²) in [5.41, 5.74) is 0.951. The van der Waals surface area contributed by atoms with Crippen molar-refractivity contribution in [1.29, 1.82) is 0 Å². The standard InChI is InChI=1S/C14H14ClN5O/c1-2-20-14(17-18-19-20)16-9-12-6-7-13(21-12)10-4-3-5-11(15)8-10/h3-8H,2,9H2,1H3,(H,16,17,19). The summed E-state index contributed by atoms with van der Waals surface area (Å²) in [5, 5.41) is 15.2. The number of anilines is 1. The van der Waals surface area contributed by atoms with Crippen LogP contribution in [0.1, 0.15) is 12.7 Å². The number of nitrogens with one attached hydrogen (secondary N) is 1. The summed E-state index contributed by atoms with van der Waals surface area (Å²) in [7, 11) is 0. The molecule has 0 aliphatic heterocycles. The number of benzene rings is 1. The van der Waals surface area contributed by atoms with Crippen molar-refractivity contribution < 1.29 is 4.42 Å². The molecule has 0 bridgehead atoms. The molecule has 0 aliphatic carbocycles. The van der Waals surface area contributed by atoms with E-state index in [0.29, 0.717) is 24.1 Å². The molecule has 2 heterocycles. The number of furan rings is 1. The highest BCUT2D eigenvalue weighted by molar-refractivity contribution is 6.30. The van der Waals surface area contributed by atoms with Crippen LogP contribution in [-0.2, 0) is 13.1 Å². The van der Waals surface area contributed by atoms with Crippen LogP contribution >= 0.6 is 11.6 Å². The highest BCUT2D eigenvalue weighted by Gasteiger charge is 2.07. The lowest BCUT2D eigenvalue weighted by Crippen LogP contribution is -2.07. The largest absolute Gasteiger partial charge is 0.459 e. The Kier molecular flexibility index (Phi) is 3.87. The number of nitrogens with zero attached hydrogens (tertiary/aromatic N) is 4. The molecule has 3 aromatic rings. The van der Waals surface area contributed by atoms with Crippen molar-refractivity contribution in [3.63, 3.8) is 0 Å². The van der Waals surface area contributed by atoms with Gasteiger partial charge < -0.3 is 9.73 Å². The molecule has 108 valence electrons. The van der Waals surface area contributed by atoms with Gasteiger partial charge in [-0.25, -0.2) is 4.68 Å². The molecule has 1 aromatic carbocycles. The molecule has 21 heavy (non-hydrogen) atoms. The Labute approximate surface area is 126 Å². The van der Waals surface area contributed by atoms with Gasteiger partial charge in [0.25, 0.3) is 0 Å². The lowest BCUT2D eigenvalue weighted by Gasteiger charge is -2.03. The van der Waals surface area contributed by atoms with E-state index in [1.807, 2.05) is 43.3 Å². The molecule has 0 atom stereocenters. The number of halogens is 1. The van der Waals surface area contributed by atoms with Crippen LogP contribution in [0.4, 0.5) is 5.95 Å². The second-order valence-corrected chi connectivity index (χ2v) is 4.88. The molecule has 0 amide bonds. The number of aryl methyl sites for hydroxylation is 1. The minimum absolute atomic E-state index is 0.515. The summed E-state index contributed by atoms with van der Waals surface area (Å²) >= 11 is 5.98. The molecule has 0 fully saturated rings. The first-order valence-corrected chi connectivity index (χ1v) is 6.98. The van der Waals surface area contributed by atoms with Crippen molar-refractivity contribution in [2.75, 3.05) is 5.32 Å². The van der Waals surface area contributed by atoms with E-state index in [4.69, 9.17) is 16.0 Å². The topological polar surface area (TPSA) is 68.8 Å². The van der Waals surface area contributed by atoms with Crippen LogP contribution in [0, 0.1) is 0 Å². The highest BCUT2D eigenvalue weighted by Crippen LogP contribution is 2.25. The fraction of sp³-hybridized carbons (Fsp3) is 0.214. The van der Waals surface area contributed by atoms with Gasteiger partial charge in [-0.2, -0.15) is 0 Å². The molecule has 0 saturated carbocycles. The fourth-order valence-corrected chi connectivity index (χ4v) is 2.17. The second-order valence-electron chi connectivity index (χ2n) is 4.45. The van der Waals surface area contributed by atoms with Crippen molar-refractivity contribution in [2.45, 2.75) is 20.0 Å². The van der Waals surface area contributed by atoms with E-state index in [1.54, 1.807) is 4.68 Å². The fourth-order valence-electron chi connectivity index (χ4n) is 1.98. The minimum Gasteiger partial charge on any atom is -0.459 e. The summed E-state index contributed by atoms with van der Waals surface area (Å²) in [4.78, 5) is 0. The molecule has 7 heteroatoms. The van der Waals surface area contributed by atoms with E-state index >= 15 is 0 Å². The Hall–Kier alpha value is -2.34. The normalized spacial score (nSPS) is 10.8. The van der Waals surface area contributed by atoms with E-state index in [1.165, 1.54) is 0 Å². The quantitative estimate of drug-likeness (QED) is 0.783. The van der Waals surface area contributed by atoms with Gasteiger partial charge in [0.15, 0.2) is 0 Å². The predicted octanol–water partition coefficient (Wildman–Crippen LogP) is 3.22. The van der Waals surface area contributed by atoms with E-state index in [0.717, 1.165) is 17.1 Å². The molecule has 6 nitrogen and oxygen atoms in total. The smallest absolute Gasteiger partial charge is 0.243 e. The van der Waals surface area contributed by atoms with Gasteiger partial charge in [-0.3, -0.25) is 0 Å². The van der Waals surface area contributed by atoms with Crippen molar-refractivity contribution in [3.05, 3.63) is 47.2 Å². The Morgan fingerprint density at radius 2 is 2.19 bits per heavy atom. The lowest BCUT2D eigenvalue weighted by molar-refractivity contribution is 0.529. The SMILES string of the molecule is CCn1nnnc1NCc1ccc(-c2cccc(Cl)c2)o1. The maximum atomic E-state index is 5.98. The maximum absolute atomic E-state index is 5.98. The van der Waals surface area contributed by atoms with E-state index in [9.17, 15) is 0 Å². The van der Waals surface area contributed by atoms with Gasteiger partial charge in [0.1, 0.15) is 11.5 Å². The zero-order valence-corrected chi connectivity index (χ0v) is 12.2. The van der Waals surface area contributed by atoms with E-state index in [2.05, 4.69) is 20.8 Å². The first kappa shape index (κ1) is 13.6. The average Bonchev–Trinajstić information content (AvgIpc) is 3.14. The first-order valence-electron chi connectivity index (χ1n) is 6.61. The van der Waals surface area contributed by atoms with Crippen molar-refractivity contribution in [1.82, 2.24) is 20.2 Å². The summed E-state index contributed by atoms with van der Waals surface area (Å²) < 4.78 is 7.48. The predicted molar refractivity (Wildman–Crippen MR) is 80.0 cm³/mol. The Morgan fingerprint density at radius 3 is 3.00 bits per heavy atom. The summed E-state index contributed by atoms with van der Waals surface area (Å²) in [6, 6.07) is 11.4. The van der Waals surface area contributed by atoms with Crippen LogP contribution < -0.4 is 5.32 Å². The van der Waals surface area contributed by atoms with Gasteiger partial charge in [0.2, 0.25) is 5.95 Å². The third-order valence-corrected chi connectivity index (χ3v) is 3.26. The summed E-state index contributed by atoms with van der Waals surface area (Å²) in [5.74, 6) is 2.21. The van der Waals surface area contributed by atoms with Gasteiger partial charge in [-0.05, 0) is 41.6 Å². The minimum atomic E-state index is 0.515. The van der Waals surface area contributed by atoms with Gasteiger partial charge in [-0.1, -0.05) is 28.8 Å². The lowest BCUT2D eigenvalue weighted by atomic mass is 10.2. The average molecular weight is 304 g/mol. The molecule has 0 aliphatic rings. The third-order valence-electron chi connectivity index (χ3n) is 3.02. The number of hydrogen-bond donors (Lipinski definition) is 1. The number of rotatable bonds is 5. The number of hydrogen-bond acceptors (Lipinski definition) is 5. The van der Waals surface area contributed by atoms with Crippen molar-refractivity contribution >= 4 is 17.5 Å². The van der Waals surface area contributed by atoms with Gasteiger partial charge in [-0.15, -0.1) is 0 Å². The van der Waals surface area contributed by atoms with E-state index in [-0.39, 0.29) is 0 Å². The van der Waals surface area contributed by atoms with Crippen molar-refractivity contribution in [3.8, 4) is 11.3 Å². The molecule has 0 unspecified atom stereocenters. The number of aromatic nitrogens is 4. The molecule has 1 N–H and O–H groups in total. The van der Waals surface area contributed by atoms with Crippen molar-refractivity contribution in [2.24, 2.45) is 0 Å². The van der Waals surface area contributed by atoms with Crippen LogP contribution in [-0.4, -0.2) is 20.2 Å². The Balaban J connectivity index is 1.71. The molecule has 3 rings (SSSR count). The molecule has 0 radical (unpaired) electrons. The van der Waals surface area contributed by atoms with Crippen LogP contribution in [0.15, 0.2) is 40.8 Å². The Bertz CT molecular complexity index is 736. The van der Waals surface area contributed by atoms with E-state index < -0.39 is 0 Å². The van der Waals surface area contributed by atoms with Crippen LogP contribution in [0.2, 0.25) is 5.02 Å². The van der Waals surface area contributed by atoms with Gasteiger partial charge >= 0.3 is 0 Å². The molecule has 0 saturated heterocycles. The zero-order chi connectivity index (χ0) is 14.7. The van der Waals surface area contributed by atoms with Crippen LogP contribution in [0.25, 0.3) is 11.3 Å². The zero-order valence-electron chi connectivity index (χ0n) is 11.5. The molecule has 2 aromatic heterocycles. The second kappa shape index (κ2) is 5.97. The van der Waals surface area contributed by atoms with Gasteiger partial charge in [0, 0.05) is 17.1 Å². The molecular weight excluding hydrogens is 290 g/mol. The monoisotopic (exact) mass is 303 g/mol. The maximum Gasteiger partial charge on any atom is 0.243 e. The Morgan fingerprint density at radius 1 is 1.29 bits per heavy atom. The molecular formula is C14H14ClN5O. The summed E-state index contributed by atoms with van der Waals surface area (Å²) in [6.07, 6.45) is 0. The van der Waals surface area contributed by atoms with Gasteiger partial charge in [0.05, 0.1) is 6.54 Å². The third kappa shape index (κ3) is 3.05. The first-order chi connectivity index (χ1) is 10.3. The van der Waals surface area contributed by atoms with Crippen LogP contribution in [0.3, 0.4) is 0 Å². The number of tetrazole rings is 1.